The van der Waals surface area contributed by atoms with E-state index in [1.807, 2.05) is 109 Å². The predicted octanol–water partition coefficient (Wildman–Crippen LogP) is 25.6. The second-order valence-corrected chi connectivity index (χ2v) is 28.4. The minimum Gasteiger partial charge on any atom is -0.456 e. The van der Waals surface area contributed by atoms with Crippen LogP contribution in [0.5, 0.6) is 0 Å². The van der Waals surface area contributed by atoms with E-state index in [0.29, 0.717) is 33.8 Å². The van der Waals surface area contributed by atoms with Gasteiger partial charge in [-0.3, -0.25) is 18.3 Å². The number of para-hydroxylation sites is 2. The van der Waals surface area contributed by atoms with Gasteiger partial charge >= 0.3 is 12.4 Å². The number of pyridine rings is 4. The van der Waals surface area contributed by atoms with Gasteiger partial charge in [0.15, 0.2) is 0 Å². The van der Waals surface area contributed by atoms with E-state index in [0.717, 1.165) is 178 Å². The third kappa shape index (κ3) is 8.38. The number of furan rings is 2. The Labute approximate surface area is 605 Å². The largest absolute Gasteiger partial charge is 0.456 e. The van der Waals surface area contributed by atoms with Gasteiger partial charge in [0.1, 0.15) is 44.9 Å². The van der Waals surface area contributed by atoms with Gasteiger partial charge in [-0.25, -0.2) is 19.9 Å². The van der Waals surface area contributed by atoms with Crippen LogP contribution in [0, 0.1) is 13.8 Å². The molecule has 24 aromatic rings. The lowest BCUT2D eigenvalue weighted by molar-refractivity contribution is -0.138. The Morgan fingerprint density at radius 3 is 0.861 bits per heavy atom. The van der Waals surface area contributed by atoms with Gasteiger partial charge in [-0.1, -0.05) is 84.9 Å². The smallest absolute Gasteiger partial charge is 0.416 e. The lowest BCUT2D eigenvalue weighted by Gasteiger charge is -2.16. The molecule has 14 aromatic carbocycles. The minimum atomic E-state index is -4.52. The first-order valence-electron chi connectivity index (χ1n) is 35.4. The number of aromatic nitrogens is 8. The number of aryl methyl sites for hydroxylation is 2. The Balaban J connectivity index is 0.000000131. The van der Waals surface area contributed by atoms with Crippen LogP contribution >= 0.6 is 0 Å². The summed E-state index contributed by atoms with van der Waals surface area (Å²) in [6, 6.07) is 79.5. The summed E-state index contributed by atoms with van der Waals surface area (Å²) in [5.41, 5.74) is 12.4. The lowest BCUT2D eigenvalue weighted by atomic mass is 9.90. The van der Waals surface area contributed by atoms with Crippen LogP contribution in [-0.4, -0.2) is 38.2 Å². The van der Waals surface area contributed by atoms with Gasteiger partial charge in [0.25, 0.3) is 0 Å². The Kier molecular flexibility index (Phi) is 12.0. The van der Waals surface area contributed by atoms with E-state index in [9.17, 15) is 26.3 Å². The first kappa shape index (κ1) is 60.5. The monoisotopic (exact) mass is 1410 g/mol. The molecule has 0 bridgehead atoms. The summed E-state index contributed by atoms with van der Waals surface area (Å²) in [5, 5.41) is 25.4. The van der Waals surface area contributed by atoms with Crippen molar-refractivity contribution in [2.24, 2.45) is 0 Å². The van der Waals surface area contributed by atoms with Crippen LogP contribution in [0.4, 0.5) is 26.3 Å². The highest BCUT2D eigenvalue weighted by atomic mass is 19.4. The van der Waals surface area contributed by atoms with Crippen LogP contribution in [0.3, 0.4) is 0 Å². The summed E-state index contributed by atoms with van der Waals surface area (Å²) in [6.07, 6.45) is -1.99. The molecule has 10 heterocycles. The van der Waals surface area contributed by atoms with Crippen molar-refractivity contribution >= 4 is 196 Å². The molecule has 0 fully saturated rings. The second-order valence-electron chi connectivity index (χ2n) is 28.4. The molecular formula is C92H50F6N8O2. The number of alkyl halides is 6. The molecule has 512 valence electrons. The van der Waals surface area contributed by atoms with Crippen molar-refractivity contribution in [3.8, 4) is 22.7 Å². The molecule has 0 saturated carbocycles. The molecule has 0 atom stereocenters. The van der Waals surface area contributed by atoms with Gasteiger partial charge in [0, 0.05) is 113 Å². The number of hydrogen-bond donors (Lipinski definition) is 0. The Hall–Kier alpha value is -13.9. The summed E-state index contributed by atoms with van der Waals surface area (Å²) in [7, 11) is 0. The molecule has 0 N–H and O–H groups in total. The van der Waals surface area contributed by atoms with E-state index >= 15 is 0 Å². The minimum absolute atomic E-state index is 0.366. The van der Waals surface area contributed by atoms with E-state index < -0.39 is 23.5 Å². The molecule has 0 aliphatic heterocycles. The highest BCUT2D eigenvalue weighted by Crippen LogP contribution is 2.51. The molecule has 0 aliphatic carbocycles. The first-order valence-corrected chi connectivity index (χ1v) is 35.4. The van der Waals surface area contributed by atoms with Gasteiger partial charge in [-0.15, -0.1) is 0 Å². The van der Waals surface area contributed by atoms with E-state index in [4.69, 9.17) is 18.8 Å². The highest BCUT2D eigenvalue weighted by Gasteiger charge is 2.34. The molecule has 108 heavy (non-hydrogen) atoms. The molecule has 0 radical (unpaired) electrons. The van der Waals surface area contributed by atoms with Crippen LogP contribution in [0.15, 0.2) is 276 Å². The number of benzene rings is 14. The Morgan fingerprint density at radius 1 is 0.250 bits per heavy atom. The number of halogens is 6. The molecule has 0 saturated heterocycles. The standard InChI is InChI=1S/C50H26N4O2.C42H24F6N4/c1-3-11-41-31(7-1)33-19-15-29(25-43(33)55-41)53-39-23-27-13-18-36-46-28(14-17-35(45(27)46)47(39)37-9-5-21-51-49(37)53)24-40-48(36)38-10-6-22-52-50(38)54(40)30-16-20-34-32-8-2-4-12-42(32)56-44(34)26-30;1-21-13-25(41(43,44)45)19-27(15-21)51-33-17-23-7-10-30-36-24(8-9-29(35(23)36)37(33)31-5-3-11-49-39(31)51)18-34-38(30)32-6-4-12-50-40(32)52(34)28-16-22(2)14-26(20-28)42(46,47)48/h1-26H;3-20H,1-2H3. The van der Waals surface area contributed by atoms with Gasteiger partial charge in [0.05, 0.1) is 44.6 Å². The summed E-state index contributed by atoms with van der Waals surface area (Å²) in [6.45, 7) is 3.30. The molecule has 0 amide bonds. The van der Waals surface area contributed by atoms with Crippen molar-refractivity contribution in [1.29, 1.82) is 0 Å². The SMILES string of the molecule is Cc1cc(-n2c3cc4ccc5c6c(ccc(c46)c3c3cccnc32)cc2c5c3cccnc3n2-c2cc(C)cc(C(F)(F)F)c2)cc(C(F)(F)F)c1.c1ccc2c(c1)oc1cc(-n3c4cc5ccc6c7c(ccc(c57)c4c4cccnc43)cc3c6c4cccnc4n3-c3ccc4c(c3)oc3ccccc34)ccc12. The van der Waals surface area contributed by atoms with E-state index in [2.05, 4.69) is 128 Å². The zero-order valence-electron chi connectivity index (χ0n) is 57.1. The maximum Gasteiger partial charge on any atom is 0.416 e. The van der Waals surface area contributed by atoms with Crippen LogP contribution < -0.4 is 0 Å². The third-order valence-electron chi connectivity index (χ3n) is 22.3. The average Bonchev–Trinajstić information content (AvgIpc) is 1.50. The van der Waals surface area contributed by atoms with Crippen molar-refractivity contribution in [2.45, 2.75) is 26.2 Å². The molecule has 0 spiro atoms. The predicted molar refractivity (Wildman–Crippen MR) is 423 cm³/mol. The number of fused-ring (bicyclic) bond motifs is 22. The summed E-state index contributed by atoms with van der Waals surface area (Å²) in [5.74, 6) is 0. The zero-order valence-corrected chi connectivity index (χ0v) is 57.1. The van der Waals surface area contributed by atoms with E-state index in [1.54, 1.807) is 47.5 Å². The Morgan fingerprint density at radius 2 is 0.537 bits per heavy atom. The number of rotatable bonds is 4. The summed E-state index contributed by atoms with van der Waals surface area (Å²) in [4.78, 5) is 19.3. The first-order chi connectivity index (χ1) is 52.6. The number of hydrogen-bond acceptors (Lipinski definition) is 6. The molecule has 24 rings (SSSR count). The summed E-state index contributed by atoms with van der Waals surface area (Å²) >= 11 is 0. The van der Waals surface area contributed by atoms with Crippen LogP contribution in [0.25, 0.3) is 219 Å². The van der Waals surface area contributed by atoms with Crippen LogP contribution in [0.2, 0.25) is 0 Å². The van der Waals surface area contributed by atoms with E-state index in [-0.39, 0.29) is 0 Å². The fourth-order valence-electron chi connectivity index (χ4n) is 18.1. The number of nitrogens with zero attached hydrogens (tertiary/aromatic N) is 8. The van der Waals surface area contributed by atoms with Crippen molar-refractivity contribution in [3.05, 3.63) is 290 Å². The Bertz CT molecular complexity index is 7620. The van der Waals surface area contributed by atoms with Crippen LogP contribution in [0.1, 0.15) is 22.3 Å². The van der Waals surface area contributed by atoms with Crippen molar-refractivity contribution in [2.75, 3.05) is 0 Å². The molecule has 0 unspecified atom stereocenters. The lowest BCUT2D eigenvalue weighted by Crippen LogP contribution is -2.07. The summed E-state index contributed by atoms with van der Waals surface area (Å²) < 4.78 is 105. The fourth-order valence-corrected chi connectivity index (χ4v) is 18.1. The molecule has 10 aromatic heterocycles. The van der Waals surface area contributed by atoms with Gasteiger partial charge in [-0.2, -0.15) is 26.3 Å². The quantitative estimate of drug-likeness (QED) is 0.129. The van der Waals surface area contributed by atoms with Gasteiger partial charge < -0.3 is 8.83 Å². The topological polar surface area (TPSA) is 97.6 Å². The van der Waals surface area contributed by atoms with Crippen molar-refractivity contribution in [1.82, 2.24) is 38.2 Å². The van der Waals surface area contributed by atoms with Crippen LogP contribution in [-0.2, 0) is 12.4 Å². The zero-order chi connectivity index (χ0) is 72.1. The maximum absolute atomic E-state index is 14.0. The van der Waals surface area contributed by atoms with Gasteiger partial charge in [-0.05, 0) is 235 Å². The molecule has 16 heteroatoms. The van der Waals surface area contributed by atoms with E-state index in [1.165, 1.54) is 43.1 Å². The average molecular weight is 1410 g/mol. The maximum atomic E-state index is 14.0. The highest BCUT2D eigenvalue weighted by molar-refractivity contribution is 6.39. The second kappa shape index (κ2) is 21.4. The molecule has 10 nitrogen and oxygen atoms in total. The van der Waals surface area contributed by atoms with Gasteiger partial charge in [0.2, 0.25) is 0 Å². The normalized spacial score (nSPS) is 12.8. The third-order valence-corrected chi connectivity index (χ3v) is 22.3. The van der Waals surface area contributed by atoms with Crippen molar-refractivity contribution < 1.29 is 35.2 Å². The fraction of sp³-hybridized carbons (Fsp3) is 0.0435. The molecular weight excluding hydrogens is 1360 g/mol. The van der Waals surface area contributed by atoms with Crippen molar-refractivity contribution in [3.63, 3.8) is 0 Å². The molecule has 0 aliphatic rings.